The average Bonchev–Trinajstić information content (AvgIpc) is 3.22. The number of hydrogen-bond acceptors (Lipinski definition) is 8. The number of Topliss-reactive ketones (excluding diaryl/α,β-unsaturated/α-hetero) is 2. The summed E-state index contributed by atoms with van der Waals surface area (Å²) in [7, 11) is 0. The van der Waals surface area contributed by atoms with Crippen molar-refractivity contribution >= 4 is 23.5 Å². The molecule has 0 fully saturated rings. The Hall–Kier alpha value is -2.32. The number of carbonyl (C=O) groups is 4. The van der Waals surface area contributed by atoms with E-state index in [1.807, 2.05) is 13.8 Å². The summed E-state index contributed by atoms with van der Waals surface area (Å²) < 4.78 is 11.8. The summed E-state index contributed by atoms with van der Waals surface area (Å²) in [6, 6.07) is -1.66. The highest BCUT2D eigenvalue weighted by atomic mass is 16.5. The molecule has 8 nitrogen and oxygen atoms in total. The van der Waals surface area contributed by atoms with Gasteiger partial charge in [-0.05, 0) is 81.5 Å². The Bertz CT molecular complexity index is 1280. The summed E-state index contributed by atoms with van der Waals surface area (Å²) in [5.74, 6) is 0.0558. The van der Waals surface area contributed by atoms with E-state index >= 15 is 0 Å². The third-order valence-electron chi connectivity index (χ3n) is 14.6. The van der Waals surface area contributed by atoms with Crippen LogP contribution < -0.4 is 10.6 Å². The van der Waals surface area contributed by atoms with Crippen LogP contribution in [0, 0.1) is 34.5 Å². The lowest BCUT2D eigenvalue weighted by molar-refractivity contribution is -0.147. The van der Waals surface area contributed by atoms with Gasteiger partial charge in [-0.1, -0.05) is 195 Å². The van der Waals surface area contributed by atoms with Crippen LogP contribution in [0.1, 0.15) is 243 Å². The van der Waals surface area contributed by atoms with Gasteiger partial charge in [-0.2, -0.15) is 0 Å². The molecule has 0 spiro atoms. The van der Waals surface area contributed by atoms with Crippen molar-refractivity contribution in [3.8, 4) is 0 Å². The molecule has 8 heteroatoms. The lowest BCUT2D eigenvalue weighted by Crippen LogP contribution is -2.47. The molecule has 2 aliphatic carbocycles. The Morgan fingerprint density at radius 1 is 0.508 bits per heavy atom. The number of allylic oxidation sites excluding steroid dienone is 4. The molecule has 0 saturated carbocycles. The van der Waals surface area contributed by atoms with E-state index in [2.05, 4.69) is 90.3 Å². The lowest BCUT2D eigenvalue weighted by atomic mass is 9.64. The van der Waals surface area contributed by atoms with Crippen LogP contribution in [0.4, 0.5) is 0 Å². The van der Waals surface area contributed by atoms with Gasteiger partial charge >= 0.3 is 11.9 Å². The number of hydrogen-bond donors (Lipinski definition) is 2. The highest BCUT2D eigenvalue weighted by molar-refractivity contribution is 5.84. The number of ether oxygens (including phenoxy) is 2. The minimum absolute atomic E-state index is 0.0746. The number of nitrogens with one attached hydrogen (secondary N) is 2. The van der Waals surface area contributed by atoms with Crippen molar-refractivity contribution in [1.82, 2.24) is 10.6 Å². The molecular weight excluding hydrogens is 809 g/mol. The largest absolute Gasteiger partial charge is 0.465 e. The first kappa shape index (κ1) is 58.8. The maximum absolute atomic E-state index is 13.8. The zero-order valence-electron chi connectivity index (χ0n) is 43.9. The van der Waals surface area contributed by atoms with Crippen LogP contribution in [-0.2, 0) is 28.7 Å². The second-order valence-electron chi connectivity index (χ2n) is 22.1. The van der Waals surface area contributed by atoms with Gasteiger partial charge in [0.1, 0.15) is 23.7 Å². The molecular formula is C57H102N2O6. The van der Waals surface area contributed by atoms with Gasteiger partial charge in [0.05, 0.1) is 13.2 Å². The van der Waals surface area contributed by atoms with Crippen LogP contribution in [0.5, 0.6) is 0 Å². The van der Waals surface area contributed by atoms with Crippen LogP contribution in [0.25, 0.3) is 0 Å². The Kier molecular flexibility index (Phi) is 30.1. The van der Waals surface area contributed by atoms with Crippen molar-refractivity contribution in [2.45, 2.75) is 267 Å². The predicted molar refractivity (Wildman–Crippen MR) is 272 cm³/mol. The van der Waals surface area contributed by atoms with Crippen LogP contribution in [0.2, 0.25) is 0 Å². The quantitative estimate of drug-likeness (QED) is 0.0358. The van der Waals surface area contributed by atoms with Crippen molar-refractivity contribution in [3.05, 3.63) is 24.3 Å². The number of rotatable bonds is 38. The summed E-state index contributed by atoms with van der Waals surface area (Å²) in [6.07, 6.45) is 36.8. The third-order valence-corrected chi connectivity index (χ3v) is 14.6. The molecule has 0 radical (unpaired) electrons. The standard InChI is InChI=1S/C57H102N2O6/c1-11-13-15-17-19-21-23-25-27-29-40-64-54(62)48(58-46(5)42-50(60)52-44(3)34-32-38-56(52,7)8)36-31-37-49(55(63)65-41-30-28-26-24-22-20-18-16-14-12-2)59-47(6)43-51(61)53-45(4)35-33-39-57(53,9)10/h32-35,44-49,52-53,58-59H,11-31,36-43H2,1-10H3. The summed E-state index contributed by atoms with van der Waals surface area (Å²) >= 11 is 0. The fraction of sp³-hybridized carbons (Fsp3) is 0.860. The van der Waals surface area contributed by atoms with E-state index in [0.717, 1.165) is 51.4 Å². The first-order valence-corrected chi connectivity index (χ1v) is 27.3. The molecule has 0 aromatic rings. The van der Waals surface area contributed by atoms with Crippen LogP contribution in [0.3, 0.4) is 0 Å². The Balaban J connectivity index is 2.09. The van der Waals surface area contributed by atoms with Gasteiger partial charge in [0.15, 0.2) is 0 Å². The van der Waals surface area contributed by atoms with Crippen LogP contribution in [0.15, 0.2) is 24.3 Å². The van der Waals surface area contributed by atoms with E-state index in [1.165, 1.54) is 89.9 Å². The normalized spacial score (nSPS) is 21.9. The smallest absolute Gasteiger partial charge is 0.323 e. The maximum atomic E-state index is 13.8. The van der Waals surface area contributed by atoms with E-state index in [-0.39, 0.29) is 70.1 Å². The molecule has 0 saturated heterocycles. The molecule has 0 aromatic carbocycles. The minimum atomic E-state index is -0.608. The van der Waals surface area contributed by atoms with E-state index < -0.39 is 12.1 Å². The molecule has 0 aromatic heterocycles. The van der Waals surface area contributed by atoms with Crippen LogP contribution in [-0.4, -0.2) is 60.9 Å². The Morgan fingerprint density at radius 3 is 1.12 bits per heavy atom. The minimum Gasteiger partial charge on any atom is -0.465 e. The monoisotopic (exact) mass is 911 g/mol. The molecule has 2 aliphatic rings. The Labute approximate surface area is 400 Å². The first-order chi connectivity index (χ1) is 31.0. The van der Waals surface area contributed by atoms with Crippen molar-refractivity contribution in [2.24, 2.45) is 34.5 Å². The molecule has 8 unspecified atom stereocenters. The summed E-state index contributed by atoms with van der Waals surface area (Å²) in [5, 5.41) is 7.02. The van der Waals surface area contributed by atoms with Gasteiger partial charge in [-0.25, -0.2) is 0 Å². The molecule has 2 N–H and O–H groups in total. The second kappa shape index (κ2) is 33.2. The van der Waals surface area contributed by atoms with Gasteiger partial charge in [-0.3, -0.25) is 19.2 Å². The van der Waals surface area contributed by atoms with Gasteiger partial charge in [-0.15, -0.1) is 0 Å². The number of esters is 2. The first-order valence-electron chi connectivity index (χ1n) is 27.3. The summed E-state index contributed by atoms with van der Waals surface area (Å²) in [5.41, 5.74) is -0.238. The van der Waals surface area contributed by atoms with Gasteiger partial charge in [0.2, 0.25) is 0 Å². The topological polar surface area (TPSA) is 111 Å². The van der Waals surface area contributed by atoms with E-state index in [4.69, 9.17) is 9.47 Å². The molecule has 0 aliphatic heterocycles. The number of ketones is 2. The van der Waals surface area contributed by atoms with E-state index in [1.54, 1.807) is 0 Å². The fourth-order valence-electron chi connectivity index (χ4n) is 11.0. The molecule has 376 valence electrons. The van der Waals surface area contributed by atoms with Gasteiger partial charge in [0.25, 0.3) is 0 Å². The van der Waals surface area contributed by atoms with Crippen molar-refractivity contribution in [1.29, 1.82) is 0 Å². The predicted octanol–water partition coefficient (Wildman–Crippen LogP) is 14.2. The fourth-order valence-corrected chi connectivity index (χ4v) is 11.0. The van der Waals surface area contributed by atoms with Crippen LogP contribution >= 0.6 is 0 Å². The van der Waals surface area contributed by atoms with E-state index in [0.29, 0.717) is 45.3 Å². The average molecular weight is 911 g/mol. The molecule has 0 amide bonds. The summed E-state index contributed by atoms with van der Waals surface area (Å²) in [4.78, 5) is 55.3. The highest BCUT2D eigenvalue weighted by Gasteiger charge is 2.41. The second-order valence-corrected chi connectivity index (χ2v) is 22.1. The van der Waals surface area contributed by atoms with Crippen molar-refractivity contribution < 1.29 is 28.7 Å². The Morgan fingerprint density at radius 2 is 0.815 bits per heavy atom. The molecule has 8 atom stereocenters. The van der Waals surface area contributed by atoms with Gasteiger partial charge < -0.3 is 20.1 Å². The van der Waals surface area contributed by atoms with Crippen molar-refractivity contribution in [2.75, 3.05) is 13.2 Å². The highest BCUT2D eigenvalue weighted by Crippen LogP contribution is 2.43. The number of unbranched alkanes of at least 4 members (excludes halogenated alkanes) is 18. The van der Waals surface area contributed by atoms with E-state index in [9.17, 15) is 19.2 Å². The lowest BCUT2D eigenvalue weighted by Gasteiger charge is -2.39. The van der Waals surface area contributed by atoms with Gasteiger partial charge in [0, 0.05) is 36.8 Å². The summed E-state index contributed by atoms with van der Waals surface area (Å²) in [6.45, 7) is 22.2. The SMILES string of the molecule is CCCCCCCCCCCCOC(=O)C(CCCC(NC(C)CC(=O)C1C(C)C=CCC1(C)C)C(=O)OCCCCCCCCCCCC)NC(C)CC(=O)C1C(C)C=CCC1(C)C. The molecule has 0 bridgehead atoms. The zero-order valence-corrected chi connectivity index (χ0v) is 43.9. The van der Waals surface area contributed by atoms with Crippen molar-refractivity contribution in [3.63, 3.8) is 0 Å². The molecule has 65 heavy (non-hydrogen) atoms. The molecule has 0 heterocycles. The number of carbonyl (C=O) groups excluding carboxylic acids is 4. The third kappa shape index (κ3) is 24.0. The molecule has 2 rings (SSSR count). The maximum Gasteiger partial charge on any atom is 0.323 e. The zero-order chi connectivity index (χ0) is 48.1.